The molecule has 106 valence electrons. The molecule has 20 heavy (non-hydrogen) atoms. The third kappa shape index (κ3) is 4.18. The van der Waals surface area contributed by atoms with E-state index in [-0.39, 0.29) is 12.5 Å². The first-order valence-electron chi connectivity index (χ1n) is 6.70. The summed E-state index contributed by atoms with van der Waals surface area (Å²) in [6.45, 7) is 3.47. The molecule has 4 heteroatoms. The van der Waals surface area contributed by atoms with Crippen LogP contribution in [0.1, 0.15) is 29.8 Å². The maximum absolute atomic E-state index is 10.8. The van der Waals surface area contributed by atoms with E-state index in [1.54, 1.807) is 11.3 Å². The Kier molecular flexibility index (Phi) is 5.32. The van der Waals surface area contributed by atoms with E-state index in [0.717, 1.165) is 6.54 Å². The van der Waals surface area contributed by atoms with Crippen LogP contribution in [0.2, 0.25) is 0 Å². The Labute approximate surface area is 123 Å². The number of benzene rings is 1. The minimum Gasteiger partial charge on any atom is -0.481 e. The molecule has 0 saturated carbocycles. The zero-order chi connectivity index (χ0) is 14.4. The first kappa shape index (κ1) is 14.8. The van der Waals surface area contributed by atoms with Gasteiger partial charge >= 0.3 is 5.97 Å². The van der Waals surface area contributed by atoms with Gasteiger partial charge in [0.1, 0.15) is 0 Å². The average molecular weight is 289 g/mol. The molecule has 1 atom stereocenters. The van der Waals surface area contributed by atoms with Crippen LogP contribution in [0.3, 0.4) is 0 Å². The van der Waals surface area contributed by atoms with Crippen molar-refractivity contribution in [3.63, 3.8) is 0 Å². The Balaban J connectivity index is 2.09. The van der Waals surface area contributed by atoms with Gasteiger partial charge in [0.15, 0.2) is 0 Å². The summed E-state index contributed by atoms with van der Waals surface area (Å²) in [5, 5.41) is 11.0. The van der Waals surface area contributed by atoms with E-state index in [2.05, 4.69) is 35.4 Å². The fraction of sp³-hybridized carbons (Fsp3) is 0.312. The van der Waals surface area contributed by atoms with Gasteiger partial charge in [-0.15, -0.1) is 11.3 Å². The zero-order valence-corrected chi connectivity index (χ0v) is 12.3. The molecule has 3 nitrogen and oxygen atoms in total. The fourth-order valence-corrected chi connectivity index (χ4v) is 2.99. The lowest BCUT2D eigenvalue weighted by Gasteiger charge is -2.28. The molecule has 1 aromatic heterocycles. The number of aliphatic carboxylic acids is 1. The van der Waals surface area contributed by atoms with Crippen LogP contribution in [0.5, 0.6) is 0 Å². The minimum absolute atomic E-state index is 0.169. The van der Waals surface area contributed by atoms with Gasteiger partial charge in [-0.1, -0.05) is 36.4 Å². The van der Waals surface area contributed by atoms with Crippen molar-refractivity contribution in [3.05, 3.63) is 58.3 Å². The monoisotopic (exact) mass is 289 g/mol. The van der Waals surface area contributed by atoms with Gasteiger partial charge in [0, 0.05) is 24.0 Å². The van der Waals surface area contributed by atoms with E-state index in [4.69, 9.17) is 5.11 Å². The standard InChI is InChI=1S/C16H19NO2S/c1-13(15-8-5-11-20-15)17(10-9-16(18)19)12-14-6-3-2-4-7-14/h2-8,11,13H,9-10,12H2,1H3,(H,18,19). The number of hydrogen-bond donors (Lipinski definition) is 1. The van der Waals surface area contributed by atoms with E-state index in [0.29, 0.717) is 6.54 Å². The van der Waals surface area contributed by atoms with E-state index in [1.165, 1.54) is 10.4 Å². The summed E-state index contributed by atoms with van der Waals surface area (Å²) >= 11 is 1.72. The third-order valence-corrected chi connectivity index (χ3v) is 4.39. The molecule has 0 radical (unpaired) electrons. The lowest BCUT2D eigenvalue weighted by molar-refractivity contribution is -0.137. The Bertz CT molecular complexity index is 525. The second-order valence-corrected chi connectivity index (χ2v) is 5.77. The van der Waals surface area contributed by atoms with Gasteiger partial charge in [-0.2, -0.15) is 0 Å². The molecule has 2 aromatic rings. The molecule has 2 rings (SSSR count). The van der Waals surface area contributed by atoms with Crippen molar-refractivity contribution in [1.29, 1.82) is 0 Å². The van der Waals surface area contributed by atoms with Crippen LogP contribution < -0.4 is 0 Å². The van der Waals surface area contributed by atoms with Crippen LogP contribution in [0.25, 0.3) is 0 Å². The number of thiophene rings is 1. The second-order valence-electron chi connectivity index (χ2n) is 4.79. The summed E-state index contributed by atoms with van der Waals surface area (Å²) in [6.07, 6.45) is 0.169. The van der Waals surface area contributed by atoms with E-state index >= 15 is 0 Å². The van der Waals surface area contributed by atoms with Crippen LogP contribution in [0, 0.1) is 0 Å². The predicted octanol–water partition coefficient (Wildman–Crippen LogP) is 3.79. The molecule has 0 bridgehead atoms. The van der Waals surface area contributed by atoms with Crippen molar-refractivity contribution >= 4 is 17.3 Å². The van der Waals surface area contributed by atoms with Gasteiger partial charge < -0.3 is 5.11 Å². The van der Waals surface area contributed by atoms with Crippen molar-refractivity contribution in [2.75, 3.05) is 6.54 Å². The van der Waals surface area contributed by atoms with Gasteiger partial charge in [0.25, 0.3) is 0 Å². The number of rotatable bonds is 7. The van der Waals surface area contributed by atoms with Crippen molar-refractivity contribution in [2.24, 2.45) is 0 Å². The molecule has 0 fully saturated rings. The van der Waals surface area contributed by atoms with Gasteiger partial charge in [0.2, 0.25) is 0 Å². The molecule has 0 aliphatic heterocycles. The molecule has 1 N–H and O–H groups in total. The van der Waals surface area contributed by atoms with Gasteiger partial charge in [-0.05, 0) is 23.9 Å². The van der Waals surface area contributed by atoms with Crippen LogP contribution in [0.15, 0.2) is 47.8 Å². The number of nitrogens with zero attached hydrogens (tertiary/aromatic N) is 1. The number of hydrogen-bond acceptors (Lipinski definition) is 3. The van der Waals surface area contributed by atoms with Crippen LogP contribution in [0.4, 0.5) is 0 Å². The molecule has 1 unspecified atom stereocenters. The molecule has 1 heterocycles. The zero-order valence-electron chi connectivity index (χ0n) is 11.5. The maximum atomic E-state index is 10.8. The summed E-state index contributed by atoms with van der Waals surface area (Å²) in [7, 11) is 0. The highest BCUT2D eigenvalue weighted by atomic mass is 32.1. The molecule has 1 aromatic carbocycles. The smallest absolute Gasteiger partial charge is 0.304 e. The van der Waals surface area contributed by atoms with E-state index in [1.807, 2.05) is 24.3 Å². The minimum atomic E-state index is -0.749. The predicted molar refractivity (Wildman–Crippen MR) is 81.8 cm³/mol. The number of carbonyl (C=O) groups is 1. The highest BCUT2D eigenvalue weighted by Crippen LogP contribution is 2.26. The Morgan fingerprint density at radius 3 is 2.60 bits per heavy atom. The number of carboxylic acids is 1. The highest BCUT2D eigenvalue weighted by molar-refractivity contribution is 7.10. The van der Waals surface area contributed by atoms with Crippen LogP contribution >= 0.6 is 11.3 Å². The first-order valence-corrected chi connectivity index (χ1v) is 7.58. The SMILES string of the molecule is CC(c1cccs1)N(CCC(=O)O)Cc1ccccc1. The van der Waals surface area contributed by atoms with E-state index in [9.17, 15) is 4.79 Å². The molecule has 0 aliphatic carbocycles. The van der Waals surface area contributed by atoms with Crippen molar-refractivity contribution < 1.29 is 9.90 Å². The first-order chi connectivity index (χ1) is 9.66. The summed E-state index contributed by atoms with van der Waals surface area (Å²) in [5.41, 5.74) is 1.21. The molecular formula is C16H19NO2S. The maximum Gasteiger partial charge on any atom is 0.304 e. The van der Waals surface area contributed by atoms with Crippen molar-refractivity contribution in [1.82, 2.24) is 4.90 Å². The summed E-state index contributed by atoms with van der Waals surface area (Å²) in [4.78, 5) is 14.3. The fourth-order valence-electron chi connectivity index (χ4n) is 2.18. The van der Waals surface area contributed by atoms with Crippen molar-refractivity contribution in [2.45, 2.75) is 25.9 Å². The summed E-state index contributed by atoms with van der Waals surface area (Å²) < 4.78 is 0. The topological polar surface area (TPSA) is 40.5 Å². The van der Waals surface area contributed by atoms with Crippen LogP contribution in [-0.4, -0.2) is 22.5 Å². The van der Waals surface area contributed by atoms with Gasteiger partial charge in [0.05, 0.1) is 6.42 Å². The summed E-state index contributed by atoms with van der Waals surface area (Å²) in [5.74, 6) is -0.749. The van der Waals surface area contributed by atoms with Crippen LogP contribution in [-0.2, 0) is 11.3 Å². The molecule has 0 amide bonds. The van der Waals surface area contributed by atoms with Crippen molar-refractivity contribution in [3.8, 4) is 0 Å². The third-order valence-electron chi connectivity index (χ3n) is 3.34. The highest BCUT2D eigenvalue weighted by Gasteiger charge is 2.17. The molecule has 0 aliphatic rings. The Morgan fingerprint density at radius 2 is 2.00 bits per heavy atom. The van der Waals surface area contributed by atoms with Gasteiger partial charge in [-0.3, -0.25) is 9.69 Å². The normalized spacial score (nSPS) is 12.5. The molecular weight excluding hydrogens is 270 g/mol. The van der Waals surface area contributed by atoms with Gasteiger partial charge in [-0.25, -0.2) is 0 Å². The quantitative estimate of drug-likeness (QED) is 0.843. The lowest BCUT2D eigenvalue weighted by Crippen LogP contribution is -2.28. The lowest BCUT2D eigenvalue weighted by atomic mass is 10.1. The largest absolute Gasteiger partial charge is 0.481 e. The summed E-state index contributed by atoms with van der Waals surface area (Å²) in [6, 6.07) is 14.6. The number of carboxylic acid groups (broad SMARTS) is 1. The van der Waals surface area contributed by atoms with E-state index < -0.39 is 5.97 Å². The Hall–Kier alpha value is -1.65. The molecule has 0 spiro atoms. The Morgan fingerprint density at radius 1 is 1.25 bits per heavy atom. The average Bonchev–Trinajstić information content (AvgIpc) is 2.97. The second kappa shape index (κ2) is 7.22. The molecule has 0 saturated heterocycles.